The molecule has 6 heteroatoms. The number of aliphatic hydroxyl groups is 1. The van der Waals surface area contributed by atoms with Gasteiger partial charge >= 0.3 is 0 Å². The molecular formula is C14H18ClNO3S. The molecule has 0 aromatic rings. The molecule has 2 saturated heterocycles. The van der Waals surface area contributed by atoms with Crippen LogP contribution in [-0.2, 0) is 9.59 Å². The SMILES string of the molecule is O=C1S[C@@]2([C@@H](O)[C@H]3C=CCCC3)C(=O)N[C@H]2C1CCCl. The van der Waals surface area contributed by atoms with Gasteiger partial charge in [0.15, 0.2) is 5.12 Å². The summed E-state index contributed by atoms with van der Waals surface area (Å²) in [5, 5.41) is 13.5. The Balaban J connectivity index is 1.86. The molecule has 2 heterocycles. The van der Waals surface area contributed by atoms with Crippen molar-refractivity contribution in [2.24, 2.45) is 11.8 Å². The van der Waals surface area contributed by atoms with Gasteiger partial charge in [0.05, 0.1) is 18.1 Å². The molecule has 2 N–H and O–H groups in total. The molecule has 1 amide bonds. The van der Waals surface area contributed by atoms with Crippen LogP contribution in [0, 0.1) is 11.8 Å². The van der Waals surface area contributed by atoms with Gasteiger partial charge in [0, 0.05) is 11.8 Å². The number of alkyl halides is 1. The quantitative estimate of drug-likeness (QED) is 0.468. The van der Waals surface area contributed by atoms with E-state index in [0.717, 1.165) is 31.0 Å². The Hall–Kier alpha value is -0.520. The van der Waals surface area contributed by atoms with Crippen LogP contribution in [0.5, 0.6) is 0 Å². The van der Waals surface area contributed by atoms with E-state index >= 15 is 0 Å². The van der Waals surface area contributed by atoms with Crippen molar-refractivity contribution in [3.63, 3.8) is 0 Å². The molecule has 0 aromatic heterocycles. The monoisotopic (exact) mass is 315 g/mol. The highest BCUT2D eigenvalue weighted by molar-refractivity contribution is 8.16. The summed E-state index contributed by atoms with van der Waals surface area (Å²) in [5.74, 6) is -0.118. The molecule has 3 rings (SSSR count). The molecule has 2 aliphatic heterocycles. The summed E-state index contributed by atoms with van der Waals surface area (Å²) in [6, 6.07) is -0.267. The molecule has 0 bridgehead atoms. The molecule has 3 aliphatic rings. The number of nitrogens with one attached hydrogen (secondary N) is 1. The summed E-state index contributed by atoms with van der Waals surface area (Å²) in [7, 11) is 0. The van der Waals surface area contributed by atoms with Crippen molar-refractivity contribution in [3.8, 4) is 0 Å². The number of halogens is 1. The third kappa shape index (κ3) is 1.94. The number of aliphatic hydroxyl groups excluding tert-OH is 1. The van der Waals surface area contributed by atoms with Gasteiger partial charge in [-0.25, -0.2) is 0 Å². The van der Waals surface area contributed by atoms with Gasteiger partial charge < -0.3 is 10.4 Å². The first-order chi connectivity index (χ1) is 9.61. The van der Waals surface area contributed by atoms with E-state index in [2.05, 4.69) is 11.4 Å². The fourth-order valence-corrected chi connectivity index (χ4v) is 5.28. The molecule has 5 atom stereocenters. The minimum Gasteiger partial charge on any atom is -0.390 e. The number of carbonyl (C=O) groups is 2. The van der Waals surface area contributed by atoms with Crippen molar-refractivity contribution in [1.29, 1.82) is 0 Å². The lowest BCUT2D eigenvalue weighted by Gasteiger charge is -2.48. The van der Waals surface area contributed by atoms with Gasteiger partial charge in [-0.05, 0) is 25.7 Å². The van der Waals surface area contributed by atoms with E-state index in [4.69, 9.17) is 11.6 Å². The summed E-state index contributed by atoms with van der Waals surface area (Å²) in [4.78, 5) is 24.3. The Kier molecular flexibility index (Phi) is 3.86. The van der Waals surface area contributed by atoms with Gasteiger partial charge in [0.25, 0.3) is 0 Å². The van der Waals surface area contributed by atoms with Crippen LogP contribution in [0.1, 0.15) is 25.7 Å². The van der Waals surface area contributed by atoms with Crippen LogP contribution in [0.2, 0.25) is 0 Å². The van der Waals surface area contributed by atoms with Crippen molar-refractivity contribution in [3.05, 3.63) is 12.2 Å². The topological polar surface area (TPSA) is 66.4 Å². The Bertz CT molecular complexity index is 469. The molecule has 20 heavy (non-hydrogen) atoms. The normalized spacial score (nSPS) is 41.0. The van der Waals surface area contributed by atoms with Crippen molar-refractivity contribution >= 4 is 34.4 Å². The molecule has 0 spiro atoms. The lowest BCUT2D eigenvalue weighted by Crippen LogP contribution is -2.75. The van der Waals surface area contributed by atoms with Crippen molar-refractivity contribution in [2.75, 3.05) is 5.88 Å². The van der Waals surface area contributed by atoms with Crippen LogP contribution < -0.4 is 5.32 Å². The van der Waals surface area contributed by atoms with Crippen molar-refractivity contribution in [2.45, 2.75) is 42.6 Å². The van der Waals surface area contributed by atoms with Crippen LogP contribution in [0.3, 0.4) is 0 Å². The van der Waals surface area contributed by atoms with E-state index in [-0.39, 0.29) is 28.9 Å². The fraction of sp³-hybridized carbons (Fsp3) is 0.714. The predicted octanol–water partition coefficient (Wildman–Crippen LogP) is 1.46. The summed E-state index contributed by atoms with van der Waals surface area (Å²) in [6.45, 7) is 0. The van der Waals surface area contributed by atoms with Crippen LogP contribution in [-0.4, -0.2) is 38.9 Å². The van der Waals surface area contributed by atoms with Gasteiger partial charge in [0.2, 0.25) is 5.91 Å². The first-order valence-corrected chi connectivity index (χ1v) is 8.41. The third-order valence-corrected chi connectivity index (χ3v) is 6.38. The average molecular weight is 316 g/mol. The van der Waals surface area contributed by atoms with Crippen LogP contribution in [0.4, 0.5) is 0 Å². The predicted molar refractivity (Wildman–Crippen MR) is 78.6 cm³/mol. The molecule has 0 saturated carbocycles. The van der Waals surface area contributed by atoms with E-state index < -0.39 is 10.9 Å². The minimum absolute atomic E-state index is 0.0205. The second kappa shape index (κ2) is 5.35. The fourth-order valence-electron chi connectivity index (χ4n) is 3.51. The third-order valence-electron chi connectivity index (χ3n) is 4.63. The Morgan fingerprint density at radius 2 is 2.35 bits per heavy atom. The van der Waals surface area contributed by atoms with Crippen molar-refractivity contribution in [1.82, 2.24) is 5.32 Å². The van der Waals surface area contributed by atoms with Crippen LogP contribution >= 0.6 is 23.4 Å². The maximum absolute atomic E-state index is 12.1. The smallest absolute Gasteiger partial charge is 0.241 e. The van der Waals surface area contributed by atoms with Gasteiger partial charge in [0.1, 0.15) is 4.75 Å². The maximum atomic E-state index is 12.1. The van der Waals surface area contributed by atoms with Gasteiger partial charge in [-0.15, -0.1) is 11.6 Å². The number of allylic oxidation sites excluding steroid dienone is 1. The highest BCUT2D eigenvalue weighted by Crippen LogP contribution is 2.53. The standard InChI is InChI=1S/C14H18ClNO3S/c15-7-6-9-10-14(13(19)16-10,20-12(9)18)11(17)8-4-2-1-3-5-8/h2,4,8-11,17H,1,3,5-7H2,(H,16,19)/t8-,9?,10-,11-,14-/m0/s1. The number of hydrogen-bond donors (Lipinski definition) is 2. The average Bonchev–Trinajstić information content (AvgIpc) is 2.69. The van der Waals surface area contributed by atoms with Gasteiger partial charge in [-0.1, -0.05) is 23.9 Å². The molecule has 1 unspecified atom stereocenters. The maximum Gasteiger partial charge on any atom is 0.241 e. The summed E-state index contributed by atoms with van der Waals surface area (Å²) < 4.78 is -0.986. The van der Waals surface area contributed by atoms with Crippen LogP contribution in [0.15, 0.2) is 12.2 Å². The number of amides is 1. The van der Waals surface area contributed by atoms with E-state index in [1.54, 1.807) is 0 Å². The number of thioether (sulfide) groups is 1. The number of carbonyl (C=O) groups excluding carboxylic acids is 2. The molecule has 1 aliphatic carbocycles. The van der Waals surface area contributed by atoms with E-state index in [1.165, 1.54) is 0 Å². The largest absolute Gasteiger partial charge is 0.390 e. The summed E-state index contributed by atoms with van der Waals surface area (Å²) >= 11 is 6.77. The highest BCUT2D eigenvalue weighted by atomic mass is 35.5. The molecule has 4 nitrogen and oxygen atoms in total. The summed E-state index contributed by atoms with van der Waals surface area (Å²) in [5.41, 5.74) is 0. The van der Waals surface area contributed by atoms with E-state index in [1.807, 2.05) is 6.08 Å². The Morgan fingerprint density at radius 1 is 1.55 bits per heavy atom. The van der Waals surface area contributed by atoms with Gasteiger partial charge in [-0.3, -0.25) is 9.59 Å². The van der Waals surface area contributed by atoms with Crippen LogP contribution in [0.25, 0.3) is 0 Å². The first-order valence-electron chi connectivity index (χ1n) is 7.05. The molecule has 0 radical (unpaired) electrons. The second-order valence-electron chi connectivity index (χ2n) is 5.72. The lowest BCUT2D eigenvalue weighted by molar-refractivity contribution is -0.140. The zero-order chi connectivity index (χ0) is 14.3. The summed E-state index contributed by atoms with van der Waals surface area (Å²) in [6.07, 6.45) is 6.70. The zero-order valence-corrected chi connectivity index (χ0v) is 12.6. The minimum atomic E-state index is -0.986. The van der Waals surface area contributed by atoms with E-state index in [9.17, 15) is 14.7 Å². The molecule has 0 aromatic carbocycles. The molecule has 2 fully saturated rings. The number of fused-ring (bicyclic) bond motifs is 1. The lowest BCUT2D eigenvalue weighted by atomic mass is 9.72. The number of β-lactam (4-membered cyclic amide) rings is 1. The second-order valence-corrected chi connectivity index (χ2v) is 7.38. The Labute approximate surface area is 127 Å². The number of rotatable bonds is 4. The zero-order valence-electron chi connectivity index (χ0n) is 11.0. The molecular weight excluding hydrogens is 298 g/mol. The number of hydrogen-bond acceptors (Lipinski definition) is 4. The van der Waals surface area contributed by atoms with E-state index in [0.29, 0.717) is 12.3 Å². The highest BCUT2D eigenvalue weighted by Gasteiger charge is 2.70. The van der Waals surface area contributed by atoms with Gasteiger partial charge in [-0.2, -0.15) is 0 Å². The van der Waals surface area contributed by atoms with Crippen molar-refractivity contribution < 1.29 is 14.7 Å². The molecule has 110 valence electrons. The first kappa shape index (κ1) is 14.4. The Morgan fingerprint density at radius 3 is 2.95 bits per heavy atom.